The van der Waals surface area contributed by atoms with E-state index in [2.05, 4.69) is 15.6 Å². The van der Waals surface area contributed by atoms with Crippen molar-refractivity contribution in [3.63, 3.8) is 0 Å². The highest BCUT2D eigenvalue weighted by Gasteiger charge is 2.06. The van der Waals surface area contributed by atoms with E-state index in [4.69, 9.17) is 4.74 Å². The van der Waals surface area contributed by atoms with Gasteiger partial charge in [-0.3, -0.25) is 4.99 Å². The van der Waals surface area contributed by atoms with E-state index in [0.717, 1.165) is 5.96 Å². The first kappa shape index (κ1) is 15.3. The fourth-order valence-corrected chi connectivity index (χ4v) is 1.52. The third-order valence-corrected chi connectivity index (χ3v) is 2.34. The maximum Gasteiger partial charge on any atom is 0.191 e. The van der Waals surface area contributed by atoms with Crippen LogP contribution < -0.4 is 15.4 Å². The van der Waals surface area contributed by atoms with E-state index >= 15 is 0 Å². The van der Waals surface area contributed by atoms with Crippen LogP contribution >= 0.6 is 0 Å². The SMILES string of the molecule is CN=C(NCC(C)Oc1cccc(F)c1)NC(C)C. The molecule has 2 N–H and O–H groups in total. The number of nitrogens with zero attached hydrogens (tertiary/aromatic N) is 1. The molecule has 1 aromatic carbocycles. The molecule has 0 aliphatic rings. The van der Waals surface area contributed by atoms with Crippen molar-refractivity contribution in [3.05, 3.63) is 30.1 Å². The van der Waals surface area contributed by atoms with Crippen molar-refractivity contribution in [2.24, 2.45) is 4.99 Å². The average molecular weight is 267 g/mol. The predicted octanol–water partition coefficient (Wildman–Crippen LogP) is 2.17. The van der Waals surface area contributed by atoms with Gasteiger partial charge >= 0.3 is 0 Å². The van der Waals surface area contributed by atoms with Crippen LogP contribution in [0.25, 0.3) is 0 Å². The molecule has 0 aliphatic carbocycles. The lowest BCUT2D eigenvalue weighted by atomic mass is 10.3. The van der Waals surface area contributed by atoms with E-state index in [1.807, 2.05) is 20.8 Å². The Morgan fingerprint density at radius 1 is 1.37 bits per heavy atom. The van der Waals surface area contributed by atoms with Crippen LogP contribution in [0.5, 0.6) is 5.75 Å². The van der Waals surface area contributed by atoms with Crippen LogP contribution in [0.1, 0.15) is 20.8 Å². The van der Waals surface area contributed by atoms with Gasteiger partial charge < -0.3 is 15.4 Å². The Morgan fingerprint density at radius 2 is 2.11 bits per heavy atom. The zero-order valence-corrected chi connectivity index (χ0v) is 11.9. The molecule has 0 saturated heterocycles. The van der Waals surface area contributed by atoms with Crippen molar-refractivity contribution in [1.82, 2.24) is 10.6 Å². The summed E-state index contributed by atoms with van der Waals surface area (Å²) in [6.45, 7) is 6.59. The summed E-state index contributed by atoms with van der Waals surface area (Å²) in [6.07, 6.45) is -0.0903. The lowest BCUT2D eigenvalue weighted by Gasteiger charge is -2.19. The van der Waals surface area contributed by atoms with Crippen LogP contribution in [0.4, 0.5) is 4.39 Å². The number of aliphatic imine (C=N–C) groups is 1. The van der Waals surface area contributed by atoms with Gasteiger partial charge in [-0.05, 0) is 32.9 Å². The number of halogens is 1. The first-order valence-electron chi connectivity index (χ1n) is 6.40. The van der Waals surface area contributed by atoms with Gasteiger partial charge in [-0.1, -0.05) is 6.07 Å². The highest BCUT2D eigenvalue weighted by atomic mass is 19.1. The fourth-order valence-electron chi connectivity index (χ4n) is 1.52. The molecule has 0 saturated carbocycles. The second-order valence-electron chi connectivity index (χ2n) is 4.64. The summed E-state index contributed by atoms with van der Waals surface area (Å²) in [5.74, 6) is 0.959. The highest BCUT2D eigenvalue weighted by Crippen LogP contribution is 2.13. The average Bonchev–Trinajstić information content (AvgIpc) is 2.34. The lowest BCUT2D eigenvalue weighted by Crippen LogP contribution is -2.44. The molecular formula is C14H22FN3O. The molecule has 19 heavy (non-hydrogen) atoms. The summed E-state index contributed by atoms with van der Waals surface area (Å²) in [5.41, 5.74) is 0. The van der Waals surface area contributed by atoms with Crippen LogP contribution in [0, 0.1) is 5.82 Å². The number of nitrogens with one attached hydrogen (secondary N) is 2. The van der Waals surface area contributed by atoms with Crippen molar-refractivity contribution >= 4 is 5.96 Å². The Hall–Kier alpha value is -1.78. The zero-order valence-electron chi connectivity index (χ0n) is 11.9. The topological polar surface area (TPSA) is 45.7 Å². The maximum absolute atomic E-state index is 13.0. The number of rotatable bonds is 5. The summed E-state index contributed by atoms with van der Waals surface area (Å²) in [5, 5.41) is 6.34. The Kier molecular flexibility index (Phi) is 6.12. The van der Waals surface area contributed by atoms with Crippen LogP contribution in [0.3, 0.4) is 0 Å². The molecular weight excluding hydrogens is 245 g/mol. The summed E-state index contributed by atoms with van der Waals surface area (Å²) < 4.78 is 18.6. The standard InChI is InChI=1S/C14H22FN3O/c1-10(2)18-14(16-4)17-9-11(3)19-13-7-5-6-12(15)8-13/h5-8,10-11H,9H2,1-4H3,(H2,16,17,18). The minimum absolute atomic E-state index is 0.0903. The molecule has 0 radical (unpaired) electrons. The van der Waals surface area contributed by atoms with Gasteiger partial charge in [0, 0.05) is 19.2 Å². The van der Waals surface area contributed by atoms with Gasteiger partial charge in [-0.25, -0.2) is 4.39 Å². The van der Waals surface area contributed by atoms with Gasteiger partial charge in [0.2, 0.25) is 0 Å². The van der Waals surface area contributed by atoms with E-state index in [1.54, 1.807) is 19.2 Å². The molecule has 0 spiro atoms. The predicted molar refractivity (Wildman–Crippen MR) is 76.1 cm³/mol. The molecule has 0 fully saturated rings. The zero-order chi connectivity index (χ0) is 14.3. The van der Waals surface area contributed by atoms with Crippen molar-refractivity contribution in [2.75, 3.05) is 13.6 Å². The second-order valence-corrected chi connectivity index (χ2v) is 4.64. The summed E-state index contributed by atoms with van der Waals surface area (Å²) in [6, 6.07) is 6.44. The van der Waals surface area contributed by atoms with Crippen LogP contribution in [0.2, 0.25) is 0 Å². The number of guanidine groups is 1. The van der Waals surface area contributed by atoms with Gasteiger partial charge in [0.1, 0.15) is 17.7 Å². The molecule has 1 atom stereocenters. The number of hydrogen-bond acceptors (Lipinski definition) is 2. The number of ether oxygens (including phenoxy) is 1. The quantitative estimate of drug-likeness (QED) is 0.635. The lowest BCUT2D eigenvalue weighted by molar-refractivity contribution is 0.223. The molecule has 106 valence electrons. The molecule has 0 heterocycles. The van der Waals surface area contributed by atoms with E-state index < -0.39 is 0 Å². The molecule has 5 heteroatoms. The molecule has 1 aromatic rings. The van der Waals surface area contributed by atoms with Crippen molar-refractivity contribution in [1.29, 1.82) is 0 Å². The van der Waals surface area contributed by atoms with E-state index in [9.17, 15) is 4.39 Å². The smallest absolute Gasteiger partial charge is 0.191 e. The fraction of sp³-hybridized carbons (Fsp3) is 0.500. The Labute approximate surface area is 114 Å². The minimum atomic E-state index is -0.296. The van der Waals surface area contributed by atoms with Gasteiger partial charge in [0.15, 0.2) is 5.96 Å². The van der Waals surface area contributed by atoms with E-state index in [1.165, 1.54) is 12.1 Å². The van der Waals surface area contributed by atoms with Crippen molar-refractivity contribution < 1.29 is 9.13 Å². The molecule has 4 nitrogen and oxygen atoms in total. The van der Waals surface area contributed by atoms with Gasteiger partial charge in [0.05, 0.1) is 6.54 Å². The van der Waals surface area contributed by atoms with E-state index in [0.29, 0.717) is 18.3 Å². The highest BCUT2D eigenvalue weighted by molar-refractivity contribution is 5.79. The molecule has 0 amide bonds. The normalized spacial score (nSPS) is 13.3. The molecule has 0 aliphatic heterocycles. The summed E-state index contributed by atoms with van der Waals surface area (Å²) in [4.78, 5) is 4.10. The Balaban J connectivity index is 2.41. The van der Waals surface area contributed by atoms with Crippen LogP contribution in [-0.4, -0.2) is 31.7 Å². The van der Waals surface area contributed by atoms with Gasteiger partial charge in [-0.2, -0.15) is 0 Å². The molecule has 0 bridgehead atoms. The monoisotopic (exact) mass is 267 g/mol. The van der Waals surface area contributed by atoms with Crippen LogP contribution in [-0.2, 0) is 0 Å². The van der Waals surface area contributed by atoms with Gasteiger partial charge in [-0.15, -0.1) is 0 Å². The molecule has 0 aromatic heterocycles. The third-order valence-electron chi connectivity index (χ3n) is 2.34. The number of benzene rings is 1. The van der Waals surface area contributed by atoms with Crippen LogP contribution in [0.15, 0.2) is 29.3 Å². The summed E-state index contributed by atoms with van der Waals surface area (Å²) in [7, 11) is 1.72. The second kappa shape index (κ2) is 7.61. The first-order chi connectivity index (χ1) is 9.01. The van der Waals surface area contributed by atoms with Gasteiger partial charge in [0.25, 0.3) is 0 Å². The number of hydrogen-bond donors (Lipinski definition) is 2. The Bertz CT molecular complexity index is 421. The van der Waals surface area contributed by atoms with Crippen molar-refractivity contribution in [3.8, 4) is 5.75 Å². The molecule has 1 rings (SSSR count). The summed E-state index contributed by atoms with van der Waals surface area (Å²) >= 11 is 0. The largest absolute Gasteiger partial charge is 0.489 e. The minimum Gasteiger partial charge on any atom is -0.489 e. The van der Waals surface area contributed by atoms with Crippen molar-refractivity contribution in [2.45, 2.75) is 32.9 Å². The molecule has 1 unspecified atom stereocenters. The first-order valence-corrected chi connectivity index (χ1v) is 6.40. The maximum atomic E-state index is 13.0. The Morgan fingerprint density at radius 3 is 2.68 bits per heavy atom. The third kappa shape index (κ3) is 6.08. The van der Waals surface area contributed by atoms with E-state index in [-0.39, 0.29) is 11.9 Å².